The summed E-state index contributed by atoms with van der Waals surface area (Å²) in [5, 5.41) is 2.69. The third-order valence-corrected chi connectivity index (χ3v) is 5.74. The second kappa shape index (κ2) is 7.32. The number of benzene rings is 2. The number of halogens is 3. The van der Waals surface area contributed by atoms with Crippen molar-refractivity contribution in [1.29, 1.82) is 0 Å². The molecule has 0 bridgehead atoms. The van der Waals surface area contributed by atoms with Crippen LogP contribution in [0.15, 0.2) is 53.9 Å². The summed E-state index contributed by atoms with van der Waals surface area (Å²) in [6, 6.07) is 10.9. The number of aromatic nitrogens is 1. The zero-order chi connectivity index (χ0) is 19.7. The van der Waals surface area contributed by atoms with Crippen LogP contribution in [0.25, 0.3) is 11.3 Å². The molecule has 27 heavy (non-hydrogen) atoms. The molecule has 142 valence electrons. The maximum atomic E-state index is 12.6. The normalized spacial score (nSPS) is 12.1. The molecule has 0 aliphatic heterocycles. The number of nitrogens with one attached hydrogen (secondary N) is 1. The highest BCUT2D eigenvalue weighted by molar-refractivity contribution is 7.91. The number of sulfonamides is 1. The molecule has 1 heterocycles. The van der Waals surface area contributed by atoms with Crippen LogP contribution in [0.4, 0.5) is 18.9 Å². The van der Waals surface area contributed by atoms with Gasteiger partial charge in [0.05, 0.1) is 27.7 Å². The number of anilines is 1. The van der Waals surface area contributed by atoms with Crippen LogP contribution in [0.2, 0.25) is 0 Å². The number of alkyl halides is 3. The smallest absolute Gasteiger partial charge is 0.283 e. The molecular formula is C18H15F3N2O2S2. The molecule has 9 heteroatoms. The topological polar surface area (TPSA) is 59.1 Å². The van der Waals surface area contributed by atoms with Crippen LogP contribution in [0.5, 0.6) is 0 Å². The minimum absolute atomic E-state index is 0.262. The van der Waals surface area contributed by atoms with E-state index in [1.807, 2.05) is 12.3 Å². The quantitative estimate of drug-likeness (QED) is 0.636. The fraction of sp³-hybridized carbons (Fsp3) is 0.167. The molecule has 0 radical (unpaired) electrons. The van der Waals surface area contributed by atoms with Crippen LogP contribution in [0.3, 0.4) is 0 Å². The maximum Gasteiger partial charge on any atom is 0.416 e. The Bertz CT molecular complexity index is 1040. The third kappa shape index (κ3) is 4.86. The molecule has 0 aliphatic rings. The van der Waals surface area contributed by atoms with Crippen LogP contribution in [-0.2, 0) is 22.0 Å². The highest BCUT2D eigenvalue weighted by Gasteiger charge is 2.30. The summed E-state index contributed by atoms with van der Waals surface area (Å²) >= 11 is 1.45. The van der Waals surface area contributed by atoms with Gasteiger partial charge in [-0.2, -0.15) is 13.2 Å². The van der Waals surface area contributed by atoms with Gasteiger partial charge < -0.3 is 0 Å². The van der Waals surface area contributed by atoms with Crippen molar-refractivity contribution in [1.82, 2.24) is 4.98 Å². The van der Waals surface area contributed by atoms with E-state index in [1.165, 1.54) is 11.3 Å². The fourth-order valence-electron chi connectivity index (χ4n) is 2.50. The molecule has 0 atom stereocenters. The first-order chi connectivity index (χ1) is 12.6. The molecule has 3 rings (SSSR count). The Labute approximate surface area is 158 Å². The van der Waals surface area contributed by atoms with Gasteiger partial charge in [-0.1, -0.05) is 30.3 Å². The van der Waals surface area contributed by atoms with Crippen LogP contribution in [0.1, 0.15) is 16.1 Å². The fourth-order valence-corrected chi connectivity index (χ4v) is 4.33. The van der Waals surface area contributed by atoms with Gasteiger partial charge in [0, 0.05) is 10.9 Å². The second-order valence-corrected chi connectivity index (χ2v) is 8.64. The van der Waals surface area contributed by atoms with Gasteiger partial charge in [-0.3, -0.25) is 4.72 Å². The Morgan fingerprint density at radius 3 is 2.33 bits per heavy atom. The van der Waals surface area contributed by atoms with Gasteiger partial charge in [0.1, 0.15) is 0 Å². The number of hydrogen-bond acceptors (Lipinski definition) is 4. The van der Waals surface area contributed by atoms with E-state index >= 15 is 0 Å². The van der Waals surface area contributed by atoms with Crippen molar-refractivity contribution >= 4 is 27.0 Å². The lowest BCUT2D eigenvalue weighted by Gasteiger charge is -2.12. The van der Waals surface area contributed by atoms with E-state index in [0.29, 0.717) is 16.9 Å². The van der Waals surface area contributed by atoms with Crippen molar-refractivity contribution < 1.29 is 21.6 Å². The Balaban J connectivity index is 1.81. The zero-order valence-electron chi connectivity index (χ0n) is 14.1. The molecule has 1 aromatic heterocycles. The summed E-state index contributed by atoms with van der Waals surface area (Å²) in [6.07, 6.45) is -4.46. The van der Waals surface area contributed by atoms with Crippen molar-refractivity contribution in [2.45, 2.75) is 18.9 Å². The van der Waals surface area contributed by atoms with Gasteiger partial charge in [-0.25, -0.2) is 13.4 Å². The lowest BCUT2D eigenvalue weighted by molar-refractivity contribution is -0.137. The minimum Gasteiger partial charge on any atom is -0.283 e. The lowest BCUT2D eigenvalue weighted by atomic mass is 10.1. The van der Waals surface area contributed by atoms with Gasteiger partial charge in [0.15, 0.2) is 0 Å². The highest BCUT2D eigenvalue weighted by atomic mass is 32.2. The van der Waals surface area contributed by atoms with E-state index in [4.69, 9.17) is 0 Å². The summed E-state index contributed by atoms with van der Waals surface area (Å²) in [4.78, 5) is 4.37. The van der Waals surface area contributed by atoms with Crippen LogP contribution in [0, 0.1) is 6.92 Å². The highest BCUT2D eigenvalue weighted by Crippen LogP contribution is 2.31. The summed E-state index contributed by atoms with van der Waals surface area (Å²) < 4.78 is 65.3. The summed E-state index contributed by atoms with van der Waals surface area (Å²) in [5.74, 6) is -0.435. The first-order valence-corrected chi connectivity index (χ1v) is 10.4. The van der Waals surface area contributed by atoms with E-state index in [1.54, 1.807) is 24.3 Å². The predicted octanol–water partition coefficient (Wildman–Crippen LogP) is 5.08. The number of para-hydroxylation sites is 1. The molecule has 0 fully saturated rings. The first-order valence-electron chi connectivity index (χ1n) is 7.82. The van der Waals surface area contributed by atoms with Crippen molar-refractivity contribution in [3.63, 3.8) is 0 Å². The van der Waals surface area contributed by atoms with E-state index < -0.39 is 27.5 Å². The van der Waals surface area contributed by atoms with E-state index in [0.717, 1.165) is 29.3 Å². The van der Waals surface area contributed by atoms with Crippen molar-refractivity contribution in [3.8, 4) is 11.3 Å². The monoisotopic (exact) mass is 412 g/mol. The Kier molecular flexibility index (Phi) is 5.25. The Hall–Kier alpha value is -2.39. The molecule has 3 aromatic rings. The molecule has 0 saturated heterocycles. The van der Waals surface area contributed by atoms with Gasteiger partial charge in [-0.15, -0.1) is 11.3 Å². The zero-order valence-corrected chi connectivity index (χ0v) is 15.8. The molecule has 0 saturated carbocycles. The van der Waals surface area contributed by atoms with Crippen molar-refractivity contribution in [2.75, 3.05) is 4.72 Å². The average Bonchev–Trinajstić information content (AvgIpc) is 3.00. The summed E-state index contributed by atoms with van der Waals surface area (Å²) in [6.45, 7) is 1.85. The largest absolute Gasteiger partial charge is 0.416 e. The summed E-state index contributed by atoms with van der Waals surface area (Å²) in [5.41, 5.74) is 1.11. The molecule has 4 nitrogen and oxygen atoms in total. The first kappa shape index (κ1) is 19.4. The molecule has 0 amide bonds. The molecule has 1 N–H and O–H groups in total. The van der Waals surface area contributed by atoms with Crippen molar-refractivity contribution in [3.05, 3.63) is 70.0 Å². The second-order valence-electron chi connectivity index (χ2n) is 5.85. The molecule has 0 aliphatic carbocycles. The number of nitrogens with zero attached hydrogens (tertiary/aromatic N) is 1. The third-order valence-electron chi connectivity index (χ3n) is 3.73. The number of hydrogen-bond donors (Lipinski definition) is 1. The lowest BCUT2D eigenvalue weighted by Crippen LogP contribution is -2.16. The van der Waals surface area contributed by atoms with Gasteiger partial charge in [0.25, 0.3) is 0 Å². The number of rotatable bonds is 5. The van der Waals surface area contributed by atoms with Crippen LogP contribution >= 0.6 is 11.3 Å². The molecule has 0 spiro atoms. The molecular weight excluding hydrogens is 397 g/mol. The van der Waals surface area contributed by atoms with Crippen LogP contribution < -0.4 is 4.72 Å². The SMILES string of the molecule is Cc1nc(-c2ccccc2NS(=O)(=O)Cc2ccc(C(F)(F)F)cc2)cs1. The Morgan fingerprint density at radius 1 is 1.07 bits per heavy atom. The van der Waals surface area contributed by atoms with E-state index in [-0.39, 0.29) is 5.56 Å². The maximum absolute atomic E-state index is 12.6. The minimum atomic E-state index is -4.46. The van der Waals surface area contributed by atoms with E-state index in [2.05, 4.69) is 9.71 Å². The number of thiazole rings is 1. The molecule has 0 unspecified atom stereocenters. The molecule has 2 aromatic carbocycles. The summed E-state index contributed by atoms with van der Waals surface area (Å²) in [7, 11) is -3.82. The van der Waals surface area contributed by atoms with E-state index in [9.17, 15) is 21.6 Å². The van der Waals surface area contributed by atoms with Gasteiger partial charge in [0.2, 0.25) is 10.0 Å². The van der Waals surface area contributed by atoms with Gasteiger partial charge in [-0.05, 0) is 30.7 Å². The number of aryl methyl sites for hydroxylation is 1. The van der Waals surface area contributed by atoms with Crippen LogP contribution in [-0.4, -0.2) is 13.4 Å². The van der Waals surface area contributed by atoms with Gasteiger partial charge >= 0.3 is 6.18 Å². The van der Waals surface area contributed by atoms with Crippen molar-refractivity contribution in [2.24, 2.45) is 0 Å². The Morgan fingerprint density at radius 2 is 1.74 bits per heavy atom. The standard InChI is InChI=1S/C18H15F3N2O2S2/c1-12-22-17(10-26-12)15-4-2-3-5-16(15)23-27(24,25)11-13-6-8-14(9-7-13)18(19,20)21/h2-10,23H,11H2,1H3. The predicted molar refractivity (Wildman–Crippen MR) is 100.0 cm³/mol. The average molecular weight is 412 g/mol.